The molecule has 0 aromatic rings. The second kappa shape index (κ2) is 13.0. The summed E-state index contributed by atoms with van der Waals surface area (Å²) in [5.41, 5.74) is 0. The predicted octanol–water partition coefficient (Wildman–Crippen LogP) is 5.07. The number of hydrogen-bond donors (Lipinski definition) is 1. The zero-order valence-electron chi connectivity index (χ0n) is 11.5. The van der Waals surface area contributed by atoms with E-state index in [9.17, 15) is 5.11 Å². The van der Waals surface area contributed by atoms with E-state index in [1.165, 1.54) is 64.2 Å². The van der Waals surface area contributed by atoms with Gasteiger partial charge in [-0.3, -0.25) is 0 Å². The second-order valence-corrected chi connectivity index (χ2v) is 5.06. The topological polar surface area (TPSA) is 20.2 Å². The summed E-state index contributed by atoms with van der Waals surface area (Å²) in [6, 6.07) is 0. The van der Waals surface area contributed by atoms with E-state index in [0.717, 1.165) is 12.8 Å². The lowest BCUT2D eigenvalue weighted by Gasteiger charge is -2.09. The van der Waals surface area contributed by atoms with Crippen molar-refractivity contribution in [1.29, 1.82) is 0 Å². The van der Waals surface area contributed by atoms with E-state index >= 15 is 0 Å². The third kappa shape index (κ3) is 12.0. The van der Waals surface area contributed by atoms with E-state index in [0.29, 0.717) is 0 Å². The Balaban J connectivity index is 3.08. The summed E-state index contributed by atoms with van der Waals surface area (Å²) >= 11 is 0. The Bertz CT molecular complexity index is 123. The molecule has 16 heavy (non-hydrogen) atoms. The fourth-order valence-corrected chi connectivity index (χ4v) is 2.11. The van der Waals surface area contributed by atoms with Crippen molar-refractivity contribution in [1.82, 2.24) is 0 Å². The van der Waals surface area contributed by atoms with Crippen molar-refractivity contribution in [2.24, 2.45) is 0 Å². The van der Waals surface area contributed by atoms with Crippen LogP contribution in [-0.2, 0) is 0 Å². The van der Waals surface area contributed by atoms with Crippen molar-refractivity contribution in [3.8, 4) is 0 Å². The second-order valence-electron chi connectivity index (χ2n) is 5.06. The minimum atomic E-state index is -0.0250. The van der Waals surface area contributed by atoms with Gasteiger partial charge in [-0.1, -0.05) is 78.1 Å². The molecule has 0 heterocycles. The van der Waals surface area contributed by atoms with Crippen molar-refractivity contribution < 1.29 is 5.11 Å². The Kier molecular flexibility index (Phi) is 13.0. The smallest absolute Gasteiger partial charge is 0.0540 e. The molecule has 0 fully saturated rings. The lowest BCUT2D eigenvalue weighted by molar-refractivity contribution is 0.147. The van der Waals surface area contributed by atoms with Crippen LogP contribution in [-0.4, -0.2) is 11.2 Å². The van der Waals surface area contributed by atoms with Crippen LogP contribution in [0.1, 0.15) is 90.9 Å². The third-order valence-electron chi connectivity index (χ3n) is 3.28. The fraction of sp³-hybridized carbons (Fsp3) is 1.00. The highest BCUT2D eigenvalue weighted by molar-refractivity contribution is 4.57. The normalized spacial score (nSPS) is 12.9. The van der Waals surface area contributed by atoms with Gasteiger partial charge in [-0.2, -0.15) is 0 Å². The molecule has 1 nitrogen and oxygen atoms in total. The van der Waals surface area contributed by atoms with Gasteiger partial charge < -0.3 is 5.11 Å². The maximum absolute atomic E-state index is 9.75. The molecule has 0 radical (unpaired) electrons. The largest absolute Gasteiger partial charge is 0.393 e. The third-order valence-corrected chi connectivity index (χ3v) is 3.28. The Hall–Kier alpha value is -0.0400. The molecule has 1 N–H and O–H groups in total. The van der Waals surface area contributed by atoms with Crippen LogP contribution >= 0.6 is 0 Å². The van der Waals surface area contributed by atoms with Gasteiger partial charge >= 0.3 is 0 Å². The van der Waals surface area contributed by atoms with Gasteiger partial charge in [-0.25, -0.2) is 0 Å². The monoisotopic (exact) mass is 228 g/mol. The first-order chi connectivity index (χ1) is 7.81. The first kappa shape index (κ1) is 16.0. The van der Waals surface area contributed by atoms with Gasteiger partial charge in [0.15, 0.2) is 0 Å². The quantitative estimate of drug-likeness (QED) is 0.462. The van der Waals surface area contributed by atoms with E-state index in [2.05, 4.69) is 13.8 Å². The van der Waals surface area contributed by atoms with Crippen LogP contribution in [0.5, 0.6) is 0 Å². The molecule has 0 saturated carbocycles. The van der Waals surface area contributed by atoms with Crippen molar-refractivity contribution in [3.05, 3.63) is 0 Å². The van der Waals surface area contributed by atoms with Crippen molar-refractivity contribution in [2.45, 2.75) is 97.0 Å². The molecule has 98 valence electrons. The van der Waals surface area contributed by atoms with Gasteiger partial charge in [-0.15, -0.1) is 0 Å². The minimum Gasteiger partial charge on any atom is -0.393 e. The van der Waals surface area contributed by atoms with Gasteiger partial charge in [0.25, 0.3) is 0 Å². The summed E-state index contributed by atoms with van der Waals surface area (Å²) < 4.78 is 0. The van der Waals surface area contributed by atoms with Crippen LogP contribution in [0, 0.1) is 0 Å². The summed E-state index contributed by atoms with van der Waals surface area (Å²) in [5, 5.41) is 9.75. The molecule has 0 saturated heterocycles. The molecule has 0 rings (SSSR count). The molecule has 0 aliphatic rings. The molecule has 0 aliphatic heterocycles. The SMILES string of the molecule is CCCCCCCC[C@@H](O)CCCCCC. The Morgan fingerprint density at radius 1 is 0.625 bits per heavy atom. The summed E-state index contributed by atoms with van der Waals surface area (Å²) in [4.78, 5) is 0. The molecule has 1 atom stereocenters. The average Bonchev–Trinajstić information content (AvgIpc) is 2.29. The lowest BCUT2D eigenvalue weighted by Crippen LogP contribution is -2.05. The van der Waals surface area contributed by atoms with Crippen LogP contribution in [0.3, 0.4) is 0 Å². The highest BCUT2D eigenvalue weighted by Gasteiger charge is 2.03. The molecule has 0 spiro atoms. The summed E-state index contributed by atoms with van der Waals surface area (Å²) in [6.07, 6.45) is 15.1. The predicted molar refractivity (Wildman–Crippen MR) is 72.8 cm³/mol. The average molecular weight is 228 g/mol. The van der Waals surface area contributed by atoms with Crippen LogP contribution in [0.25, 0.3) is 0 Å². The van der Waals surface area contributed by atoms with Crippen LogP contribution in [0.4, 0.5) is 0 Å². The molecular formula is C15H32O. The Morgan fingerprint density at radius 3 is 1.50 bits per heavy atom. The summed E-state index contributed by atoms with van der Waals surface area (Å²) in [6.45, 7) is 4.48. The highest BCUT2D eigenvalue weighted by Crippen LogP contribution is 2.12. The fourth-order valence-electron chi connectivity index (χ4n) is 2.11. The molecule has 1 heteroatoms. The summed E-state index contributed by atoms with van der Waals surface area (Å²) in [5.74, 6) is 0. The Labute approximate surface area is 103 Å². The molecule has 0 amide bonds. The van der Waals surface area contributed by atoms with E-state index in [-0.39, 0.29) is 6.10 Å². The van der Waals surface area contributed by atoms with Gasteiger partial charge in [0, 0.05) is 0 Å². The maximum atomic E-state index is 9.75. The molecule has 0 aromatic heterocycles. The minimum absolute atomic E-state index is 0.0250. The van der Waals surface area contributed by atoms with E-state index in [4.69, 9.17) is 0 Å². The van der Waals surface area contributed by atoms with Crippen molar-refractivity contribution >= 4 is 0 Å². The van der Waals surface area contributed by atoms with Crippen LogP contribution < -0.4 is 0 Å². The van der Waals surface area contributed by atoms with Gasteiger partial charge in [0.2, 0.25) is 0 Å². The van der Waals surface area contributed by atoms with Gasteiger partial charge in [0.1, 0.15) is 0 Å². The van der Waals surface area contributed by atoms with Crippen LogP contribution in [0.2, 0.25) is 0 Å². The first-order valence-corrected chi connectivity index (χ1v) is 7.49. The standard InChI is InChI=1S/C15H32O/c1-3-5-7-9-10-12-14-15(16)13-11-8-6-4-2/h15-16H,3-14H2,1-2H3/t15-/m0/s1. The van der Waals surface area contributed by atoms with E-state index in [1.54, 1.807) is 0 Å². The molecule has 0 aliphatic carbocycles. The molecule has 0 unspecified atom stereocenters. The molecule has 0 bridgehead atoms. The molecular weight excluding hydrogens is 196 g/mol. The zero-order chi connectivity index (χ0) is 12.1. The number of aliphatic hydroxyl groups is 1. The summed E-state index contributed by atoms with van der Waals surface area (Å²) in [7, 11) is 0. The van der Waals surface area contributed by atoms with E-state index in [1.807, 2.05) is 0 Å². The lowest BCUT2D eigenvalue weighted by atomic mass is 10.0. The van der Waals surface area contributed by atoms with E-state index < -0.39 is 0 Å². The number of hydrogen-bond acceptors (Lipinski definition) is 1. The Morgan fingerprint density at radius 2 is 1.00 bits per heavy atom. The van der Waals surface area contributed by atoms with Crippen LogP contribution in [0.15, 0.2) is 0 Å². The van der Waals surface area contributed by atoms with Crippen molar-refractivity contribution in [3.63, 3.8) is 0 Å². The first-order valence-electron chi connectivity index (χ1n) is 7.49. The number of rotatable bonds is 12. The van der Waals surface area contributed by atoms with Gasteiger partial charge in [0.05, 0.1) is 6.10 Å². The van der Waals surface area contributed by atoms with Crippen molar-refractivity contribution in [2.75, 3.05) is 0 Å². The maximum Gasteiger partial charge on any atom is 0.0540 e. The highest BCUT2D eigenvalue weighted by atomic mass is 16.3. The number of aliphatic hydroxyl groups excluding tert-OH is 1. The van der Waals surface area contributed by atoms with Gasteiger partial charge in [-0.05, 0) is 12.8 Å². The zero-order valence-corrected chi connectivity index (χ0v) is 11.5. The molecule has 0 aromatic carbocycles. The number of unbranched alkanes of at least 4 members (excludes halogenated alkanes) is 8.